The van der Waals surface area contributed by atoms with Gasteiger partial charge in [-0.25, -0.2) is 9.59 Å². The lowest BCUT2D eigenvalue weighted by Gasteiger charge is -2.31. The number of aryl methyl sites for hydroxylation is 1. The van der Waals surface area contributed by atoms with Crippen molar-refractivity contribution in [2.24, 2.45) is 0 Å². The fraction of sp³-hybridized carbons (Fsp3) is 0.467. The minimum atomic E-state index is -0.996. The molecule has 0 aliphatic carbocycles. The number of carboxylic acid groups (broad SMARTS) is 1. The van der Waals surface area contributed by atoms with Crippen LogP contribution in [0.4, 0.5) is 10.5 Å². The Morgan fingerprint density at radius 3 is 2.57 bits per heavy atom. The van der Waals surface area contributed by atoms with Crippen LogP contribution in [0.15, 0.2) is 18.2 Å². The van der Waals surface area contributed by atoms with E-state index in [9.17, 15) is 9.59 Å². The van der Waals surface area contributed by atoms with Crippen molar-refractivity contribution in [2.75, 3.05) is 25.5 Å². The molecule has 1 saturated heterocycles. The van der Waals surface area contributed by atoms with Gasteiger partial charge in [0.05, 0.1) is 11.7 Å². The van der Waals surface area contributed by atoms with Gasteiger partial charge >= 0.3 is 12.0 Å². The van der Waals surface area contributed by atoms with Gasteiger partial charge in [-0.05, 0) is 37.5 Å². The van der Waals surface area contributed by atoms with Crippen molar-refractivity contribution >= 4 is 17.7 Å². The van der Waals surface area contributed by atoms with Crippen molar-refractivity contribution in [2.45, 2.75) is 25.9 Å². The van der Waals surface area contributed by atoms with Gasteiger partial charge in [0.1, 0.15) is 0 Å². The van der Waals surface area contributed by atoms with Crippen LogP contribution < -0.4 is 5.32 Å². The van der Waals surface area contributed by atoms with E-state index in [2.05, 4.69) is 5.32 Å². The first-order valence-corrected chi connectivity index (χ1v) is 6.94. The molecule has 1 aromatic rings. The van der Waals surface area contributed by atoms with Crippen molar-refractivity contribution in [1.82, 2.24) is 4.90 Å². The number of nitrogens with one attached hydrogen (secondary N) is 1. The van der Waals surface area contributed by atoms with Gasteiger partial charge in [-0.3, -0.25) is 0 Å². The number of benzene rings is 1. The van der Waals surface area contributed by atoms with Crippen LogP contribution in [0, 0.1) is 6.92 Å². The minimum absolute atomic E-state index is 0.200. The molecule has 21 heavy (non-hydrogen) atoms. The molecule has 0 radical (unpaired) electrons. The molecule has 1 heterocycles. The molecule has 2 N–H and O–H groups in total. The molecule has 1 aromatic carbocycles. The summed E-state index contributed by atoms with van der Waals surface area (Å²) in [5.74, 6) is -0.996. The Hall–Kier alpha value is -2.08. The number of carbonyl (C=O) groups is 2. The predicted octanol–water partition coefficient (Wildman–Crippen LogP) is 2.34. The minimum Gasteiger partial charge on any atom is -0.478 e. The van der Waals surface area contributed by atoms with E-state index in [0.717, 1.165) is 12.8 Å². The van der Waals surface area contributed by atoms with Crippen LogP contribution >= 0.6 is 0 Å². The molecule has 0 atom stereocenters. The maximum Gasteiger partial charge on any atom is 0.336 e. The predicted molar refractivity (Wildman–Crippen MR) is 78.8 cm³/mol. The first-order chi connectivity index (χ1) is 10.0. The van der Waals surface area contributed by atoms with Crippen molar-refractivity contribution in [3.8, 4) is 0 Å². The van der Waals surface area contributed by atoms with Crippen LogP contribution in [-0.4, -0.2) is 48.3 Å². The van der Waals surface area contributed by atoms with Crippen LogP contribution in [0.2, 0.25) is 0 Å². The second-order valence-electron chi connectivity index (χ2n) is 5.19. The molecule has 0 spiro atoms. The van der Waals surface area contributed by atoms with Crippen LogP contribution in [0.25, 0.3) is 0 Å². The smallest absolute Gasteiger partial charge is 0.336 e. The number of anilines is 1. The van der Waals surface area contributed by atoms with E-state index < -0.39 is 5.97 Å². The highest BCUT2D eigenvalue weighted by atomic mass is 16.5. The van der Waals surface area contributed by atoms with Crippen molar-refractivity contribution in [1.29, 1.82) is 0 Å². The van der Waals surface area contributed by atoms with Gasteiger partial charge in [-0.15, -0.1) is 0 Å². The molecule has 0 aromatic heterocycles. The third kappa shape index (κ3) is 3.72. The molecule has 2 rings (SSSR count). The number of carboxylic acids is 1. The van der Waals surface area contributed by atoms with Crippen LogP contribution in [-0.2, 0) is 4.74 Å². The number of aromatic carboxylic acids is 1. The molecule has 0 bridgehead atoms. The number of amides is 2. The van der Waals surface area contributed by atoms with Gasteiger partial charge in [0.25, 0.3) is 0 Å². The van der Waals surface area contributed by atoms with E-state index in [1.165, 1.54) is 6.07 Å². The van der Waals surface area contributed by atoms with Gasteiger partial charge in [0.2, 0.25) is 0 Å². The normalized spacial score (nSPS) is 15.8. The molecule has 1 fully saturated rings. The highest BCUT2D eigenvalue weighted by Crippen LogP contribution is 2.18. The van der Waals surface area contributed by atoms with Crippen molar-refractivity contribution in [3.63, 3.8) is 0 Å². The standard InChI is InChI=1S/C15H20N2O4/c1-10-3-4-11(9-13(10)14(18)19)16-15(20)17-7-5-12(21-2)6-8-17/h3-4,9,12H,5-8H2,1-2H3,(H,16,20)(H,18,19). The average molecular weight is 292 g/mol. The number of nitrogens with zero attached hydrogens (tertiary/aromatic N) is 1. The summed E-state index contributed by atoms with van der Waals surface area (Å²) in [6.45, 7) is 3.01. The van der Waals surface area contributed by atoms with Gasteiger partial charge in [-0.1, -0.05) is 6.07 Å². The van der Waals surface area contributed by atoms with E-state index in [1.807, 2.05) is 0 Å². The fourth-order valence-corrected chi connectivity index (χ4v) is 2.43. The summed E-state index contributed by atoms with van der Waals surface area (Å²) in [7, 11) is 1.68. The number of carbonyl (C=O) groups excluding carboxylic acids is 1. The van der Waals surface area contributed by atoms with E-state index >= 15 is 0 Å². The maximum atomic E-state index is 12.2. The summed E-state index contributed by atoms with van der Waals surface area (Å²) in [5, 5.41) is 11.8. The number of hydrogen-bond acceptors (Lipinski definition) is 3. The highest BCUT2D eigenvalue weighted by molar-refractivity contribution is 5.94. The largest absolute Gasteiger partial charge is 0.478 e. The molecule has 1 aliphatic rings. The number of urea groups is 1. The topological polar surface area (TPSA) is 78.9 Å². The molecule has 2 amide bonds. The number of methoxy groups -OCH3 is 1. The van der Waals surface area contributed by atoms with E-state index in [0.29, 0.717) is 24.3 Å². The first-order valence-electron chi connectivity index (χ1n) is 6.94. The zero-order valence-electron chi connectivity index (χ0n) is 12.3. The summed E-state index contributed by atoms with van der Waals surface area (Å²) in [6.07, 6.45) is 1.85. The Bertz CT molecular complexity index is 536. The Balaban J connectivity index is 2.00. The molecule has 6 nitrogen and oxygen atoms in total. The third-order valence-corrected chi connectivity index (χ3v) is 3.78. The number of rotatable bonds is 3. The molecule has 0 unspecified atom stereocenters. The van der Waals surface area contributed by atoms with E-state index in [1.54, 1.807) is 31.1 Å². The SMILES string of the molecule is COC1CCN(C(=O)Nc2ccc(C)c(C(=O)O)c2)CC1. The summed E-state index contributed by atoms with van der Waals surface area (Å²) in [5.41, 5.74) is 1.36. The van der Waals surface area contributed by atoms with E-state index in [4.69, 9.17) is 9.84 Å². The summed E-state index contributed by atoms with van der Waals surface area (Å²) < 4.78 is 5.27. The second-order valence-corrected chi connectivity index (χ2v) is 5.19. The lowest BCUT2D eigenvalue weighted by molar-refractivity contribution is 0.0521. The summed E-state index contributed by atoms with van der Waals surface area (Å²) in [6, 6.07) is 4.68. The van der Waals surface area contributed by atoms with Crippen LogP contribution in [0.3, 0.4) is 0 Å². The number of ether oxygens (including phenoxy) is 1. The molecule has 6 heteroatoms. The highest BCUT2D eigenvalue weighted by Gasteiger charge is 2.22. The zero-order valence-corrected chi connectivity index (χ0v) is 12.3. The average Bonchev–Trinajstić information content (AvgIpc) is 2.49. The lowest BCUT2D eigenvalue weighted by Crippen LogP contribution is -2.42. The Morgan fingerprint density at radius 1 is 1.33 bits per heavy atom. The Morgan fingerprint density at radius 2 is 2.00 bits per heavy atom. The number of likely N-dealkylation sites (tertiary alicyclic amines) is 1. The zero-order chi connectivity index (χ0) is 15.4. The Kier molecular flexibility index (Phi) is 4.80. The van der Waals surface area contributed by atoms with Crippen LogP contribution in [0.1, 0.15) is 28.8 Å². The maximum absolute atomic E-state index is 12.2. The number of hydrogen-bond donors (Lipinski definition) is 2. The molecule has 114 valence electrons. The van der Waals surface area contributed by atoms with Crippen molar-refractivity contribution in [3.05, 3.63) is 29.3 Å². The summed E-state index contributed by atoms with van der Waals surface area (Å²) >= 11 is 0. The van der Waals surface area contributed by atoms with Gasteiger partial charge in [-0.2, -0.15) is 0 Å². The van der Waals surface area contributed by atoms with Crippen molar-refractivity contribution < 1.29 is 19.4 Å². The molecule has 1 aliphatic heterocycles. The third-order valence-electron chi connectivity index (χ3n) is 3.78. The second kappa shape index (κ2) is 6.58. The van der Waals surface area contributed by atoms with Crippen LogP contribution in [0.5, 0.6) is 0 Å². The molecular formula is C15H20N2O4. The lowest BCUT2D eigenvalue weighted by atomic mass is 10.1. The quantitative estimate of drug-likeness (QED) is 0.896. The number of piperidine rings is 1. The van der Waals surface area contributed by atoms with Gasteiger partial charge in [0.15, 0.2) is 0 Å². The monoisotopic (exact) mass is 292 g/mol. The molecule has 0 saturated carbocycles. The van der Waals surface area contributed by atoms with Gasteiger partial charge in [0, 0.05) is 25.9 Å². The van der Waals surface area contributed by atoms with E-state index in [-0.39, 0.29) is 17.7 Å². The fourth-order valence-electron chi connectivity index (χ4n) is 2.43. The molecular weight excluding hydrogens is 272 g/mol. The summed E-state index contributed by atoms with van der Waals surface area (Å²) in [4.78, 5) is 25.0. The first kappa shape index (κ1) is 15.3. The Labute approximate surface area is 123 Å². The van der Waals surface area contributed by atoms with Gasteiger partial charge < -0.3 is 20.1 Å².